The quantitative estimate of drug-likeness (QED) is 0.454. The van der Waals surface area contributed by atoms with E-state index in [1.165, 1.54) is 31.4 Å². The van der Waals surface area contributed by atoms with Gasteiger partial charge < -0.3 is 9.47 Å². The average molecular weight is 360 g/mol. The molecule has 0 N–H and O–H groups in total. The molecule has 0 saturated heterocycles. The number of nitro groups is 1. The molecule has 0 spiro atoms. The number of allylic oxidation sites excluding steroid dienone is 1. The van der Waals surface area contributed by atoms with Crippen molar-refractivity contribution in [1.29, 1.82) is 0 Å². The van der Waals surface area contributed by atoms with Crippen LogP contribution in [-0.4, -0.2) is 36.3 Å². The number of benzene rings is 1. The van der Waals surface area contributed by atoms with Gasteiger partial charge in [-0.15, -0.1) is 0 Å². The largest absolute Gasteiger partial charge is 0.466 e. The number of esters is 2. The van der Waals surface area contributed by atoms with Crippen molar-refractivity contribution < 1.29 is 24.0 Å². The summed E-state index contributed by atoms with van der Waals surface area (Å²) in [7, 11) is 1.25. The van der Waals surface area contributed by atoms with Gasteiger partial charge in [0.25, 0.3) is 5.69 Å². The van der Waals surface area contributed by atoms with E-state index < -0.39 is 28.7 Å². The molecule has 1 aliphatic rings. The molecule has 1 heterocycles. The topological polar surface area (TPSA) is 108 Å². The molecule has 26 heavy (non-hydrogen) atoms. The van der Waals surface area contributed by atoms with E-state index in [-0.39, 0.29) is 17.9 Å². The lowest BCUT2D eigenvalue weighted by molar-refractivity contribution is -0.384. The van der Waals surface area contributed by atoms with Crippen LogP contribution in [-0.2, 0) is 19.1 Å². The second-order valence-electron chi connectivity index (χ2n) is 5.80. The smallest absolute Gasteiger partial charge is 0.336 e. The lowest BCUT2D eigenvalue weighted by atomic mass is 9.75. The summed E-state index contributed by atoms with van der Waals surface area (Å²) in [5.74, 6) is -2.61. The van der Waals surface area contributed by atoms with Gasteiger partial charge in [-0.2, -0.15) is 0 Å². The first-order valence-electron chi connectivity index (χ1n) is 8.07. The van der Waals surface area contributed by atoms with Gasteiger partial charge in [0.1, 0.15) is 5.92 Å². The Labute approximate surface area is 150 Å². The minimum Gasteiger partial charge on any atom is -0.466 e. The molecule has 0 aliphatic carbocycles. The Morgan fingerprint density at radius 2 is 1.85 bits per heavy atom. The number of ether oxygens (including phenoxy) is 2. The SMILES string of the molecule is CCOC(=O)C1C(C)=NC(C)=C(C(=O)OC)[C@H]1c1ccc([N+](=O)[O-])cc1. The van der Waals surface area contributed by atoms with E-state index in [0.29, 0.717) is 17.0 Å². The Morgan fingerprint density at radius 1 is 1.23 bits per heavy atom. The van der Waals surface area contributed by atoms with Crippen LogP contribution in [0, 0.1) is 16.0 Å². The van der Waals surface area contributed by atoms with Crippen molar-refractivity contribution in [2.45, 2.75) is 26.7 Å². The van der Waals surface area contributed by atoms with E-state index in [1.807, 2.05) is 0 Å². The fourth-order valence-corrected chi connectivity index (χ4v) is 3.11. The summed E-state index contributed by atoms with van der Waals surface area (Å²) >= 11 is 0. The second-order valence-corrected chi connectivity index (χ2v) is 5.80. The van der Waals surface area contributed by atoms with Gasteiger partial charge in [-0.25, -0.2) is 4.79 Å². The molecule has 2 atom stereocenters. The first kappa shape index (κ1) is 19.3. The van der Waals surface area contributed by atoms with Crippen LogP contribution >= 0.6 is 0 Å². The standard InChI is InChI=1S/C18H20N2O6/c1-5-26-18(22)15-11(3)19-10(2)14(17(21)25-4)16(15)12-6-8-13(9-7-12)20(23)24/h6-9,15-16H,5H2,1-4H3/t15?,16-/m1/s1. The molecule has 0 fully saturated rings. The maximum atomic E-state index is 12.5. The summed E-state index contributed by atoms with van der Waals surface area (Å²) in [4.78, 5) is 39.6. The van der Waals surface area contributed by atoms with E-state index >= 15 is 0 Å². The average Bonchev–Trinajstić information content (AvgIpc) is 2.60. The molecule has 138 valence electrons. The Kier molecular flexibility index (Phi) is 5.86. The third-order valence-corrected chi connectivity index (χ3v) is 4.24. The highest BCUT2D eigenvalue weighted by molar-refractivity contribution is 6.07. The lowest BCUT2D eigenvalue weighted by Gasteiger charge is -2.31. The fourth-order valence-electron chi connectivity index (χ4n) is 3.11. The predicted octanol–water partition coefficient (Wildman–Crippen LogP) is 2.78. The highest BCUT2D eigenvalue weighted by Crippen LogP contribution is 2.40. The molecule has 8 nitrogen and oxygen atoms in total. The van der Waals surface area contributed by atoms with Gasteiger partial charge in [0.15, 0.2) is 0 Å². The third kappa shape index (κ3) is 3.63. The van der Waals surface area contributed by atoms with Crippen LogP contribution in [0.1, 0.15) is 32.3 Å². The number of methoxy groups -OCH3 is 1. The third-order valence-electron chi connectivity index (χ3n) is 4.24. The summed E-state index contributed by atoms with van der Waals surface area (Å²) in [6, 6.07) is 5.74. The predicted molar refractivity (Wildman–Crippen MR) is 93.8 cm³/mol. The van der Waals surface area contributed by atoms with Crippen molar-refractivity contribution >= 4 is 23.3 Å². The van der Waals surface area contributed by atoms with Gasteiger partial charge in [-0.1, -0.05) is 12.1 Å². The Bertz CT molecular complexity index is 794. The van der Waals surface area contributed by atoms with Crippen molar-refractivity contribution in [3.63, 3.8) is 0 Å². The normalized spacial score (nSPS) is 19.6. The molecule has 2 rings (SSSR count). The highest BCUT2D eigenvalue weighted by Gasteiger charge is 2.42. The molecule has 0 aromatic heterocycles. The molecule has 0 saturated carbocycles. The van der Waals surface area contributed by atoms with Crippen LogP contribution in [0.3, 0.4) is 0 Å². The summed E-state index contributed by atoms with van der Waals surface area (Å²) in [6.07, 6.45) is 0. The van der Waals surface area contributed by atoms with Crippen molar-refractivity contribution in [3.05, 3.63) is 51.2 Å². The number of hydrogen-bond donors (Lipinski definition) is 0. The van der Waals surface area contributed by atoms with E-state index in [4.69, 9.17) is 9.47 Å². The highest BCUT2D eigenvalue weighted by atomic mass is 16.6. The number of hydrogen-bond acceptors (Lipinski definition) is 7. The van der Waals surface area contributed by atoms with E-state index in [9.17, 15) is 19.7 Å². The summed E-state index contributed by atoms with van der Waals surface area (Å²) in [6.45, 7) is 5.23. The van der Waals surface area contributed by atoms with Gasteiger partial charge in [0.2, 0.25) is 0 Å². The molecule has 0 bridgehead atoms. The number of nitrogens with zero attached hydrogens (tertiary/aromatic N) is 2. The summed E-state index contributed by atoms with van der Waals surface area (Å²) < 4.78 is 10.0. The number of carbonyl (C=O) groups is 2. The Hall–Kier alpha value is -3.03. The van der Waals surface area contributed by atoms with Crippen LogP contribution in [0.2, 0.25) is 0 Å². The number of carbonyl (C=O) groups excluding carboxylic acids is 2. The van der Waals surface area contributed by atoms with Crippen molar-refractivity contribution in [2.24, 2.45) is 10.9 Å². The molecule has 1 aliphatic heterocycles. The van der Waals surface area contributed by atoms with Crippen molar-refractivity contribution in [3.8, 4) is 0 Å². The zero-order valence-corrected chi connectivity index (χ0v) is 15.0. The molecule has 8 heteroatoms. The van der Waals surface area contributed by atoms with Gasteiger partial charge >= 0.3 is 11.9 Å². The molecule has 0 radical (unpaired) electrons. The molecular weight excluding hydrogens is 340 g/mol. The van der Waals surface area contributed by atoms with Crippen molar-refractivity contribution in [1.82, 2.24) is 0 Å². The van der Waals surface area contributed by atoms with E-state index in [0.717, 1.165) is 0 Å². The Morgan fingerprint density at radius 3 is 2.35 bits per heavy atom. The maximum Gasteiger partial charge on any atom is 0.336 e. The number of rotatable bonds is 5. The van der Waals surface area contributed by atoms with Crippen molar-refractivity contribution in [2.75, 3.05) is 13.7 Å². The lowest BCUT2D eigenvalue weighted by Crippen LogP contribution is -2.36. The molecule has 0 amide bonds. The first-order valence-corrected chi connectivity index (χ1v) is 8.07. The van der Waals surface area contributed by atoms with Gasteiger partial charge in [0, 0.05) is 29.5 Å². The summed E-state index contributed by atoms with van der Waals surface area (Å²) in [5.41, 5.74) is 1.69. The summed E-state index contributed by atoms with van der Waals surface area (Å²) in [5, 5.41) is 10.9. The molecular formula is C18H20N2O6. The van der Waals surface area contributed by atoms with Gasteiger partial charge in [-0.05, 0) is 26.3 Å². The van der Waals surface area contributed by atoms with E-state index in [2.05, 4.69) is 4.99 Å². The number of aliphatic imine (C=N–C) groups is 1. The monoisotopic (exact) mass is 360 g/mol. The zero-order chi connectivity index (χ0) is 19.4. The van der Waals surface area contributed by atoms with Gasteiger partial charge in [-0.3, -0.25) is 19.9 Å². The molecule has 1 unspecified atom stereocenters. The van der Waals surface area contributed by atoms with Crippen LogP contribution in [0.15, 0.2) is 40.5 Å². The Balaban J connectivity index is 2.61. The number of nitro benzene ring substituents is 1. The second kappa shape index (κ2) is 7.90. The van der Waals surface area contributed by atoms with Crippen LogP contribution in [0.5, 0.6) is 0 Å². The van der Waals surface area contributed by atoms with Crippen LogP contribution in [0.25, 0.3) is 0 Å². The van der Waals surface area contributed by atoms with Crippen LogP contribution < -0.4 is 0 Å². The van der Waals surface area contributed by atoms with Crippen LogP contribution in [0.4, 0.5) is 5.69 Å². The minimum absolute atomic E-state index is 0.0806. The molecule has 1 aromatic carbocycles. The number of non-ortho nitro benzene ring substituents is 1. The first-order chi connectivity index (χ1) is 12.3. The fraction of sp³-hybridized carbons (Fsp3) is 0.389. The zero-order valence-electron chi connectivity index (χ0n) is 15.0. The minimum atomic E-state index is -0.811. The van der Waals surface area contributed by atoms with Gasteiger partial charge in [0.05, 0.1) is 24.2 Å². The van der Waals surface area contributed by atoms with E-state index in [1.54, 1.807) is 20.8 Å². The molecule has 1 aromatic rings. The maximum absolute atomic E-state index is 12.5.